The molecule has 2 N–H and O–H groups in total. The van der Waals surface area contributed by atoms with Crippen LogP contribution < -0.4 is 5.73 Å². The van der Waals surface area contributed by atoms with Crippen molar-refractivity contribution >= 4 is 5.84 Å². The van der Waals surface area contributed by atoms with Crippen molar-refractivity contribution in [2.45, 2.75) is 47.1 Å². The first-order valence-corrected chi connectivity index (χ1v) is 4.55. The molecular formula is C10H20N2. The zero-order valence-corrected chi connectivity index (χ0v) is 8.81. The van der Waals surface area contributed by atoms with E-state index in [0.29, 0.717) is 11.5 Å². The minimum Gasteiger partial charge on any atom is -0.386 e. The van der Waals surface area contributed by atoms with E-state index in [1.165, 1.54) is 0 Å². The van der Waals surface area contributed by atoms with Gasteiger partial charge in [-0.25, -0.2) is 0 Å². The predicted molar refractivity (Wildman–Crippen MR) is 53.3 cm³/mol. The Kier molecular flexibility index (Phi) is 1.97. The van der Waals surface area contributed by atoms with Crippen LogP contribution in [0.25, 0.3) is 0 Å². The predicted octanol–water partition coefficient (Wildman–Crippen LogP) is 2.19. The quantitative estimate of drug-likeness (QED) is 0.674. The standard InChI is InChI=1S/C10H20N2/c1-9(2,3)6-10(4,5)7-8(11)12-7/h7H,6H2,1-5H3,(H2,11,12). The Balaban J connectivity index is 2.50. The highest BCUT2D eigenvalue weighted by atomic mass is 15.1. The van der Waals surface area contributed by atoms with Crippen molar-refractivity contribution in [3.8, 4) is 0 Å². The number of nitrogens with zero attached hydrogens (tertiary/aromatic N) is 1. The Labute approximate surface area is 75.3 Å². The Morgan fingerprint density at radius 2 is 1.67 bits per heavy atom. The fourth-order valence-electron chi connectivity index (χ4n) is 2.15. The highest BCUT2D eigenvalue weighted by molar-refractivity contribution is 5.98. The van der Waals surface area contributed by atoms with Gasteiger partial charge in [0, 0.05) is 0 Å². The Morgan fingerprint density at radius 3 is 1.92 bits per heavy atom. The molecule has 0 aliphatic carbocycles. The monoisotopic (exact) mass is 168 g/mol. The van der Waals surface area contributed by atoms with Crippen molar-refractivity contribution in [3.05, 3.63) is 0 Å². The van der Waals surface area contributed by atoms with Gasteiger partial charge in [0.25, 0.3) is 0 Å². The van der Waals surface area contributed by atoms with Crippen molar-refractivity contribution in [2.24, 2.45) is 21.6 Å². The van der Waals surface area contributed by atoms with Crippen LogP contribution in [0.4, 0.5) is 0 Å². The highest BCUT2D eigenvalue weighted by Crippen LogP contribution is 2.40. The third kappa shape index (κ3) is 2.23. The van der Waals surface area contributed by atoms with Gasteiger partial charge in [-0.3, -0.25) is 4.99 Å². The molecule has 70 valence electrons. The zero-order valence-electron chi connectivity index (χ0n) is 8.81. The summed E-state index contributed by atoms with van der Waals surface area (Å²) >= 11 is 0. The van der Waals surface area contributed by atoms with E-state index in [1.807, 2.05) is 0 Å². The average molecular weight is 168 g/mol. The van der Waals surface area contributed by atoms with Gasteiger partial charge in [0.15, 0.2) is 0 Å². The zero-order chi connectivity index (χ0) is 9.57. The van der Waals surface area contributed by atoms with Gasteiger partial charge in [0.2, 0.25) is 0 Å². The number of nitrogens with two attached hydrogens (primary N) is 1. The normalized spacial score (nSPS) is 23.8. The summed E-state index contributed by atoms with van der Waals surface area (Å²) in [5, 5.41) is 0. The lowest BCUT2D eigenvalue weighted by molar-refractivity contribution is 0.213. The molecule has 0 spiro atoms. The summed E-state index contributed by atoms with van der Waals surface area (Å²) in [6.07, 6.45) is 1.16. The van der Waals surface area contributed by atoms with Gasteiger partial charge in [0.05, 0.1) is 0 Å². The second-order valence-corrected chi connectivity index (χ2v) is 5.68. The van der Waals surface area contributed by atoms with Crippen molar-refractivity contribution in [3.63, 3.8) is 0 Å². The van der Waals surface area contributed by atoms with Gasteiger partial charge >= 0.3 is 0 Å². The van der Waals surface area contributed by atoms with Crippen LogP contribution >= 0.6 is 0 Å². The Hall–Kier alpha value is -0.530. The summed E-state index contributed by atoms with van der Waals surface area (Å²) in [4.78, 5) is 4.21. The van der Waals surface area contributed by atoms with Gasteiger partial charge in [-0.05, 0) is 17.3 Å². The van der Waals surface area contributed by atoms with E-state index in [0.717, 1.165) is 12.3 Å². The summed E-state index contributed by atoms with van der Waals surface area (Å²) in [6.45, 7) is 11.3. The number of hydrogen-bond donors (Lipinski definition) is 1. The van der Waals surface area contributed by atoms with E-state index in [-0.39, 0.29) is 5.41 Å². The molecule has 2 heteroatoms. The number of hydrogen-bond acceptors (Lipinski definition) is 2. The lowest BCUT2D eigenvalue weighted by Crippen LogP contribution is -2.30. The summed E-state index contributed by atoms with van der Waals surface area (Å²) in [6, 6.07) is 0.316. The van der Waals surface area contributed by atoms with E-state index < -0.39 is 0 Å². The molecule has 2 nitrogen and oxygen atoms in total. The Morgan fingerprint density at radius 1 is 1.25 bits per heavy atom. The summed E-state index contributed by atoms with van der Waals surface area (Å²) in [5.41, 5.74) is 6.22. The largest absolute Gasteiger partial charge is 0.386 e. The molecule has 1 heterocycles. The van der Waals surface area contributed by atoms with E-state index in [9.17, 15) is 0 Å². The molecule has 0 aromatic rings. The van der Waals surface area contributed by atoms with Crippen molar-refractivity contribution < 1.29 is 0 Å². The first-order valence-electron chi connectivity index (χ1n) is 4.55. The Bertz CT molecular complexity index is 208. The first-order chi connectivity index (χ1) is 5.22. The molecule has 1 atom stereocenters. The van der Waals surface area contributed by atoms with Gasteiger partial charge in [-0.15, -0.1) is 0 Å². The van der Waals surface area contributed by atoms with E-state index in [1.54, 1.807) is 0 Å². The van der Waals surface area contributed by atoms with Crippen LogP contribution in [0.2, 0.25) is 0 Å². The van der Waals surface area contributed by atoms with E-state index in [2.05, 4.69) is 39.6 Å². The van der Waals surface area contributed by atoms with Gasteiger partial charge in [-0.2, -0.15) is 0 Å². The molecule has 0 fully saturated rings. The van der Waals surface area contributed by atoms with Crippen LogP contribution in [0.1, 0.15) is 41.0 Å². The van der Waals surface area contributed by atoms with Crippen molar-refractivity contribution in [1.82, 2.24) is 0 Å². The molecule has 1 aliphatic rings. The fourth-order valence-corrected chi connectivity index (χ4v) is 2.15. The number of aliphatic imine (C=N–C) groups is 1. The van der Waals surface area contributed by atoms with E-state index in [4.69, 9.17) is 5.73 Å². The minimum absolute atomic E-state index is 0.238. The second-order valence-electron chi connectivity index (χ2n) is 5.68. The summed E-state index contributed by atoms with van der Waals surface area (Å²) in [5.74, 6) is 0.837. The summed E-state index contributed by atoms with van der Waals surface area (Å²) < 4.78 is 0. The average Bonchev–Trinajstić information content (AvgIpc) is 2.38. The third-order valence-electron chi connectivity index (χ3n) is 2.22. The first kappa shape index (κ1) is 9.56. The van der Waals surface area contributed by atoms with Crippen LogP contribution in [0, 0.1) is 10.8 Å². The lowest BCUT2D eigenvalue weighted by Gasteiger charge is -2.31. The van der Waals surface area contributed by atoms with Crippen LogP contribution in [-0.4, -0.2) is 11.9 Å². The lowest BCUT2D eigenvalue weighted by atomic mass is 9.73. The van der Waals surface area contributed by atoms with Crippen LogP contribution in [0.5, 0.6) is 0 Å². The summed E-state index contributed by atoms with van der Waals surface area (Å²) in [7, 11) is 0. The maximum atomic E-state index is 5.62. The molecule has 0 saturated heterocycles. The van der Waals surface area contributed by atoms with E-state index >= 15 is 0 Å². The second kappa shape index (κ2) is 2.48. The maximum Gasteiger partial charge on any atom is 0.120 e. The molecular weight excluding hydrogens is 148 g/mol. The molecule has 12 heavy (non-hydrogen) atoms. The van der Waals surface area contributed by atoms with Crippen LogP contribution in [0.3, 0.4) is 0 Å². The SMILES string of the molecule is CC(C)(C)CC(C)(C)C1N=C1N. The molecule has 0 aromatic heterocycles. The highest BCUT2D eigenvalue weighted by Gasteiger charge is 2.42. The third-order valence-corrected chi connectivity index (χ3v) is 2.22. The smallest absolute Gasteiger partial charge is 0.120 e. The molecule has 1 rings (SSSR count). The van der Waals surface area contributed by atoms with Crippen LogP contribution in [0.15, 0.2) is 4.99 Å². The maximum absolute atomic E-state index is 5.62. The molecule has 1 aliphatic heterocycles. The van der Waals surface area contributed by atoms with Crippen LogP contribution in [-0.2, 0) is 0 Å². The minimum atomic E-state index is 0.238. The topological polar surface area (TPSA) is 38.4 Å². The fraction of sp³-hybridized carbons (Fsp3) is 0.900. The molecule has 0 saturated carbocycles. The molecule has 0 bridgehead atoms. The van der Waals surface area contributed by atoms with Gasteiger partial charge in [0.1, 0.15) is 11.9 Å². The van der Waals surface area contributed by atoms with Crippen molar-refractivity contribution in [1.29, 1.82) is 0 Å². The van der Waals surface area contributed by atoms with Crippen molar-refractivity contribution in [2.75, 3.05) is 0 Å². The molecule has 1 unspecified atom stereocenters. The number of rotatable bonds is 2. The van der Waals surface area contributed by atoms with Gasteiger partial charge in [-0.1, -0.05) is 34.6 Å². The molecule has 0 radical (unpaired) electrons. The van der Waals surface area contributed by atoms with Gasteiger partial charge < -0.3 is 5.73 Å². The molecule has 0 amide bonds. The molecule has 0 aromatic carbocycles. The number of amidine groups is 1.